The van der Waals surface area contributed by atoms with Gasteiger partial charge in [0.15, 0.2) is 0 Å². The van der Waals surface area contributed by atoms with E-state index < -0.39 is 0 Å². The lowest BCUT2D eigenvalue weighted by molar-refractivity contribution is -0.148. The fraction of sp³-hybridized carbons (Fsp3) is 0.393. The first-order chi connectivity index (χ1) is 17.5. The number of rotatable bonds is 14. The first-order valence-electron chi connectivity index (χ1n) is 12.1. The minimum Gasteiger partial charge on any atom is -0.458 e. The fourth-order valence-corrected chi connectivity index (χ4v) is 5.91. The topological polar surface area (TPSA) is 72.2 Å². The number of nitrogens with zero attached hydrogens (tertiary/aromatic N) is 2. The van der Waals surface area contributed by atoms with Gasteiger partial charge in [0.25, 0.3) is 0 Å². The van der Waals surface area contributed by atoms with Gasteiger partial charge in [-0.1, -0.05) is 61.5 Å². The summed E-state index contributed by atoms with van der Waals surface area (Å²) < 4.78 is 11.5. The van der Waals surface area contributed by atoms with Crippen molar-refractivity contribution in [2.75, 3.05) is 23.9 Å². The Hall–Kier alpha value is -2.31. The third kappa shape index (κ3) is 8.67. The van der Waals surface area contributed by atoms with Gasteiger partial charge in [-0.3, -0.25) is 4.79 Å². The SMILES string of the molecule is CCCCSCC(COC(C)C)OC(=O)CSc1nc(-c2cccs2)cc(-c2ccccc2)c1C#N. The van der Waals surface area contributed by atoms with Crippen LogP contribution in [0.1, 0.15) is 39.2 Å². The number of benzene rings is 1. The first kappa shape index (κ1) is 28.3. The Morgan fingerprint density at radius 2 is 2.00 bits per heavy atom. The summed E-state index contributed by atoms with van der Waals surface area (Å²) in [7, 11) is 0. The lowest BCUT2D eigenvalue weighted by atomic mass is 10.0. The number of hydrogen-bond donors (Lipinski definition) is 0. The molecule has 1 aromatic carbocycles. The van der Waals surface area contributed by atoms with Crippen molar-refractivity contribution in [3.8, 4) is 27.8 Å². The number of pyridine rings is 1. The molecule has 0 saturated heterocycles. The molecular weight excluding hydrogens is 509 g/mol. The summed E-state index contributed by atoms with van der Waals surface area (Å²) in [4.78, 5) is 18.6. The summed E-state index contributed by atoms with van der Waals surface area (Å²) in [5.74, 6) is 1.48. The molecule has 0 aliphatic rings. The van der Waals surface area contributed by atoms with E-state index in [4.69, 9.17) is 14.5 Å². The highest BCUT2D eigenvalue weighted by molar-refractivity contribution is 8.00. The van der Waals surface area contributed by atoms with E-state index in [-0.39, 0.29) is 23.9 Å². The summed E-state index contributed by atoms with van der Waals surface area (Å²) in [6.45, 7) is 6.48. The maximum absolute atomic E-state index is 12.8. The van der Waals surface area contributed by atoms with Crippen LogP contribution in [0.3, 0.4) is 0 Å². The van der Waals surface area contributed by atoms with Crippen LogP contribution in [0.2, 0.25) is 0 Å². The number of nitriles is 1. The van der Waals surface area contributed by atoms with E-state index in [1.807, 2.05) is 67.8 Å². The third-order valence-electron chi connectivity index (χ3n) is 5.14. The average molecular weight is 541 g/mol. The van der Waals surface area contributed by atoms with Crippen LogP contribution in [-0.4, -0.2) is 47.0 Å². The normalized spacial score (nSPS) is 11.9. The van der Waals surface area contributed by atoms with E-state index in [0.29, 0.717) is 22.9 Å². The molecule has 190 valence electrons. The van der Waals surface area contributed by atoms with Gasteiger partial charge in [-0.15, -0.1) is 11.3 Å². The van der Waals surface area contributed by atoms with Gasteiger partial charge >= 0.3 is 5.97 Å². The molecule has 2 aromatic heterocycles. The van der Waals surface area contributed by atoms with Crippen LogP contribution in [0.5, 0.6) is 0 Å². The van der Waals surface area contributed by atoms with Gasteiger partial charge in [0, 0.05) is 11.3 Å². The molecule has 0 amide bonds. The number of hydrogen-bond acceptors (Lipinski definition) is 8. The quantitative estimate of drug-likeness (QED) is 0.121. The Labute approximate surface area is 226 Å². The number of ether oxygens (including phenoxy) is 2. The second kappa shape index (κ2) is 15.1. The number of carbonyl (C=O) groups excluding carboxylic acids is 1. The fourth-order valence-electron chi connectivity index (χ4n) is 3.35. The van der Waals surface area contributed by atoms with Crippen LogP contribution < -0.4 is 0 Å². The Bertz CT molecular complexity index is 1130. The van der Waals surface area contributed by atoms with E-state index >= 15 is 0 Å². The van der Waals surface area contributed by atoms with Gasteiger partial charge in [-0.25, -0.2) is 4.98 Å². The highest BCUT2D eigenvalue weighted by Gasteiger charge is 2.20. The van der Waals surface area contributed by atoms with E-state index in [1.165, 1.54) is 11.8 Å². The second-order valence-electron chi connectivity index (χ2n) is 8.40. The number of esters is 1. The standard InChI is InChI=1S/C28H32N2O3S3/c1-4-5-13-34-18-22(17-32-20(2)3)33-27(31)19-36-28-24(16-29)23(21-10-7-6-8-11-21)15-25(30-28)26-12-9-14-35-26/h6-12,14-15,20,22H,4-5,13,17-19H2,1-3H3. The molecule has 3 rings (SSSR count). The summed E-state index contributed by atoms with van der Waals surface area (Å²) in [6, 6.07) is 18.1. The molecule has 0 N–H and O–H groups in total. The minimum absolute atomic E-state index is 0.0694. The van der Waals surface area contributed by atoms with Crippen molar-refractivity contribution in [3.63, 3.8) is 0 Å². The highest BCUT2D eigenvalue weighted by Crippen LogP contribution is 2.35. The number of carbonyl (C=O) groups is 1. The van der Waals surface area contributed by atoms with E-state index in [9.17, 15) is 10.1 Å². The zero-order valence-corrected chi connectivity index (χ0v) is 23.4. The van der Waals surface area contributed by atoms with Crippen LogP contribution in [-0.2, 0) is 14.3 Å². The van der Waals surface area contributed by atoms with Crippen LogP contribution in [0.15, 0.2) is 58.9 Å². The molecule has 0 aliphatic heterocycles. The lowest BCUT2D eigenvalue weighted by Crippen LogP contribution is -2.28. The molecule has 0 fully saturated rings. The van der Waals surface area contributed by atoms with Crippen LogP contribution >= 0.6 is 34.9 Å². The van der Waals surface area contributed by atoms with E-state index in [0.717, 1.165) is 40.3 Å². The first-order valence-corrected chi connectivity index (χ1v) is 15.1. The molecule has 5 nitrogen and oxygen atoms in total. The molecule has 0 radical (unpaired) electrons. The molecule has 0 saturated carbocycles. The van der Waals surface area contributed by atoms with E-state index in [2.05, 4.69) is 13.0 Å². The van der Waals surface area contributed by atoms with Crippen LogP contribution in [0, 0.1) is 11.3 Å². The maximum Gasteiger partial charge on any atom is 0.316 e. The number of thiophene rings is 1. The predicted molar refractivity (Wildman–Crippen MR) is 152 cm³/mol. The zero-order valence-electron chi connectivity index (χ0n) is 20.9. The van der Waals surface area contributed by atoms with Crippen molar-refractivity contribution in [2.45, 2.75) is 50.8 Å². The molecular formula is C28H32N2O3S3. The van der Waals surface area contributed by atoms with Crippen molar-refractivity contribution in [1.29, 1.82) is 5.26 Å². The van der Waals surface area contributed by atoms with Gasteiger partial charge < -0.3 is 9.47 Å². The maximum atomic E-state index is 12.8. The highest BCUT2D eigenvalue weighted by atomic mass is 32.2. The molecule has 8 heteroatoms. The molecule has 3 aromatic rings. The second-order valence-corrected chi connectivity index (χ2v) is 11.5. The molecule has 1 unspecified atom stereocenters. The number of unbranched alkanes of at least 4 members (excludes halogenated alkanes) is 1. The molecule has 0 spiro atoms. The largest absolute Gasteiger partial charge is 0.458 e. The number of aromatic nitrogens is 1. The minimum atomic E-state index is -0.332. The molecule has 36 heavy (non-hydrogen) atoms. The van der Waals surface area contributed by atoms with Crippen LogP contribution in [0.4, 0.5) is 0 Å². The predicted octanol–water partition coefficient (Wildman–Crippen LogP) is 7.31. The van der Waals surface area contributed by atoms with Crippen molar-refractivity contribution in [2.24, 2.45) is 0 Å². The third-order valence-corrected chi connectivity index (χ3v) is 8.17. The summed E-state index contributed by atoms with van der Waals surface area (Å²) in [5, 5.41) is 12.6. The Morgan fingerprint density at radius 1 is 1.19 bits per heavy atom. The van der Waals surface area contributed by atoms with Gasteiger partial charge in [-0.2, -0.15) is 17.0 Å². The van der Waals surface area contributed by atoms with Gasteiger partial charge in [0.05, 0.1) is 34.6 Å². The van der Waals surface area contributed by atoms with Gasteiger partial charge in [0.2, 0.25) is 0 Å². The number of thioether (sulfide) groups is 2. The molecule has 0 bridgehead atoms. The Kier molecular flexibility index (Phi) is 11.8. The smallest absolute Gasteiger partial charge is 0.316 e. The summed E-state index contributed by atoms with van der Waals surface area (Å²) >= 11 is 4.62. The summed E-state index contributed by atoms with van der Waals surface area (Å²) in [6.07, 6.45) is 2.04. The molecule has 2 heterocycles. The van der Waals surface area contributed by atoms with Crippen molar-refractivity contribution >= 4 is 40.8 Å². The van der Waals surface area contributed by atoms with Crippen LogP contribution in [0.25, 0.3) is 21.7 Å². The Morgan fingerprint density at radius 3 is 2.67 bits per heavy atom. The molecule has 1 atom stereocenters. The summed E-state index contributed by atoms with van der Waals surface area (Å²) in [5.41, 5.74) is 3.00. The monoisotopic (exact) mass is 540 g/mol. The van der Waals surface area contributed by atoms with Gasteiger partial charge in [-0.05, 0) is 49.1 Å². The average Bonchev–Trinajstić information content (AvgIpc) is 3.43. The zero-order chi connectivity index (χ0) is 25.8. The van der Waals surface area contributed by atoms with Gasteiger partial charge in [0.1, 0.15) is 17.2 Å². The Balaban J connectivity index is 1.77. The lowest BCUT2D eigenvalue weighted by Gasteiger charge is -2.19. The van der Waals surface area contributed by atoms with Crippen molar-refractivity contribution < 1.29 is 14.3 Å². The van der Waals surface area contributed by atoms with Crippen molar-refractivity contribution in [3.05, 3.63) is 59.5 Å². The van der Waals surface area contributed by atoms with Crippen molar-refractivity contribution in [1.82, 2.24) is 4.98 Å². The van der Waals surface area contributed by atoms with E-state index in [1.54, 1.807) is 23.1 Å². The molecule has 0 aliphatic carbocycles.